The molecule has 0 unspecified atom stereocenters. The number of hydrogen-bond donors (Lipinski definition) is 3. The summed E-state index contributed by atoms with van der Waals surface area (Å²) in [4.78, 5) is 27.4. The largest absolute Gasteiger partial charge is 0.508 e. The molecule has 0 spiro atoms. The SMILES string of the molecule is Cc1[nH]n(-c2ccccc2)c(=O)c1C(c1cccc(O)c1)c1c(C)[nH]n(-c2ccccc2)c1=O. The molecule has 3 N–H and O–H groups in total. The van der Waals surface area contributed by atoms with Crippen molar-refractivity contribution in [2.75, 3.05) is 0 Å². The summed E-state index contributed by atoms with van der Waals surface area (Å²) >= 11 is 0. The van der Waals surface area contributed by atoms with E-state index in [2.05, 4.69) is 10.2 Å². The molecule has 7 nitrogen and oxygen atoms in total. The lowest BCUT2D eigenvalue weighted by Crippen LogP contribution is -2.25. The quantitative estimate of drug-likeness (QED) is 0.374. The summed E-state index contributed by atoms with van der Waals surface area (Å²) in [6.07, 6.45) is 0. The zero-order valence-corrected chi connectivity index (χ0v) is 18.8. The number of aromatic amines is 2. The first-order valence-electron chi connectivity index (χ1n) is 11.0. The van der Waals surface area contributed by atoms with Gasteiger partial charge in [0.25, 0.3) is 11.1 Å². The zero-order valence-electron chi connectivity index (χ0n) is 18.8. The van der Waals surface area contributed by atoms with Crippen LogP contribution in [-0.4, -0.2) is 24.7 Å². The van der Waals surface area contributed by atoms with E-state index in [0.29, 0.717) is 39.5 Å². The summed E-state index contributed by atoms with van der Waals surface area (Å²) in [5, 5.41) is 16.5. The first kappa shape index (κ1) is 21.3. The number of rotatable bonds is 5. The average molecular weight is 453 g/mol. The van der Waals surface area contributed by atoms with Gasteiger partial charge in [-0.05, 0) is 55.8 Å². The van der Waals surface area contributed by atoms with Crippen LogP contribution < -0.4 is 11.1 Å². The third-order valence-electron chi connectivity index (χ3n) is 6.04. The van der Waals surface area contributed by atoms with Gasteiger partial charge in [0.1, 0.15) is 5.75 Å². The van der Waals surface area contributed by atoms with Gasteiger partial charge in [-0.15, -0.1) is 0 Å². The van der Waals surface area contributed by atoms with Crippen LogP contribution in [0.25, 0.3) is 11.4 Å². The molecule has 0 saturated carbocycles. The maximum absolute atomic E-state index is 13.7. The van der Waals surface area contributed by atoms with Crippen molar-refractivity contribution in [3.63, 3.8) is 0 Å². The van der Waals surface area contributed by atoms with Crippen molar-refractivity contribution < 1.29 is 5.11 Å². The Labute approximate surface area is 195 Å². The molecular formula is C27H24N4O3. The van der Waals surface area contributed by atoms with E-state index in [9.17, 15) is 14.7 Å². The highest BCUT2D eigenvalue weighted by atomic mass is 16.3. The number of benzene rings is 3. The minimum Gasteiger partial charge on any atom is -0.508 e. The lowest BCUT2D eigenvalue weighted by atomic mass is 9.85. The van der Waals surface area contributed by atoms with Gasteiger partial charge in [0.05, 0.1) is 22.5 Å². The molecule has 5 aromatic rings. The number of nitrogens with zero attached hydrogens (tertiary/aromatic N) is 2. The van der Waals surface area contributed by atoms with Crippen LogP contribution in [0.1, 0.15) is 34.0 Å². The van der Waals surface area contributed by atoms with Crippen molar-refractivity contribution in [1.29, 1.82) is 0 Å². The summed E-state index contributed by atoms with van der Waals surface area (Å²) in [6.45, 7) is 3.65. The number of phenolic OH excluding ortho intramolecular Hbond substituents is 1. The molecule has 0 radical (unpaired) electrons. The summed E-state index contributed by atoms with van der Waals surface area (Å²) in [7, 11) is 0. The van der Waals surface area contributed by atoms with Gasteiger partial charge in [0.15, 0.2) is 0 Å². The Balaban J connectivity index is 1.78. The van der Waals surface area contributed by atoms with Crippen molar-refractivity contribution in [1.82, 2.24) is 19.6 Å². The van der Waals surface area contributed by atoms with E-state index in [4.69, 9.17) is 0 Å². The number of phenols is 1. The van der Waals surface area contributed by atoms with Gasteiger partial charge in [-0.1, -0.05) is 48.5 Å². The van der Waals surface area contributed by atoms with E-state index < -0.39 is 5.92 Å². The molecule has 0 aliphatic heterocycles. The Hall–Kier alpha value is -4.52. The predicted octanol–water partition coefficient (Wildman–Crippen LogP) is 4.15. The van der Waals surface area contributed by atoms with Gasteiger partial charge in [-0.3, -0.25) is 19.8 Å². The number of aromatic nitrogens is 4. The first-order chi connectivity index (χ1) is 16.5. The highest BCUT2D eigenvalue weighted by Gasteiger charge is 2.31. The number of para-hydroxylation sites is 2. The standard InChI is InChI=1S/C27H24N4O3/c1-17-23(26(33)30(28-17)20-11-5-3-6-12-20)25(19-10-9-15-22(32)16-19)24-18(2)29-31(27(24)34)21-13-7-4-8-14-21/h3-16,25,28-29,32H,1-2H3. The van der Waals surface area contributed by atoms with Gasteiger partial charge < -0.3 is 5.11 Å². The molecule has 5 rings (SSSR count). The van der Waals surface area contributed by atoms with Crippen molar-refractivity contribution in [3.05, 3.63) is 134 Å². The zero-order chi connectivity index (χ0) is 23.8. The summed E-state index contributed by atoms with van der Waals surface area (Å²) in [5.74, 6) is -0.620. The Morgan fingerprint density at radius 2 is 1.15 bits per heavy atom. The molecule has 34 heavy (non-hydrogen) atoms. The van der Waals surface area contributed by atoms with Crippen molar-refractivity contribution >= 4 is 0 Å². The Morgan fingerprint density at radius 1 is 0.676 bits per heavy atom. The third kappa shape index (κ3) is 3.57. The van der Waals surface area contributed by atoms with E-state index in [1.807, 2.05) is 80.6 Å². The molecule has 3 aromatic carbocycles. The number of H-pyrrole nitrogens is 2. The third-order valence-corrected chi connectivity index (χ3v) is 6.04. The topological polar surface area (TPSA) is 95.8 Å². The lowest BCUT2D eigenvalue weighted by Gasteiger charge is -2.16. The van der Waals surface area contributed by atoms with Crippen LogP contribution in [0.2, 0.25) is 0 Å². The van der Waals surface area contributed by atoms with Gasteiger partial charge in [0.2, 0.25) is 0 Å². The number of hydrogen-bond acceptors (Lipinski definition) is 3. The Morgan fingerprint density at radius 3 is 1.59 bits per heavy atom. The van der Waals surface area contributed by atoms with Gasteiger partial charge in [0, 0.05) is 17.3 Å². The van der Waals surface area contributed by atoms with Crippen LogP contribution in [0.4, 0.5) is 0 Å². The van der Waals surface area contributed by atoms with Crippen LogP contribution in [0.5, 0.6) is 5.75 Å². The average Bonchev–Trinajstić information content (AvgIpc) is 3.31. The van der Waals surface area contributed by atoms with E-state index in [1.54, 1.807) is 18.2 Å². The van der Waals surface area contributed by atoms with Crippen molar-refractivity contribution in [2.24, 2.45) is 0 Å². The molecule has 170 valence electrons. The molecule has 0 aliphatic rings. The second-order valence-corrected chi connectivity index (χ2v) is 8.28. The second-order valence-electron chi connectivity index (χ2n) is 8.28. The molecule has 0 amide bonds. The monoisotopic (exact) mass is 452 g/mol. The minimum atomic E-state index is -0.686. The fraction of sp³-hybridized carbons (Fsp3) is 0.111. The van der Waals surface area contributed by atoms with Gasteiger partial charge >= 0.3 is 0 Å². The minimum absolute atomic E-state index is 0.0654. The molecule has 0 atom stereocenters. The Bertz CT molecular complexity index is 1480. The van der Waals surface area contributed by atoms with Gasteiger partial charge in [-0.25, -0.2) is 9.36 Å². The highest BCUT2D eigenvalue weighted by Crippen LogP contribution is 2.33. The van der Waals surface area contributed by atoms with Gasteiger partial charge in [-0.2, -0.15) is 0 Å². The number of nitrogens with one attached hydrogen (secondary N) is 2. The van der Waals surface area contributed by atoms with Crippen LogP contribution in [0, 0.1) is 13.8 Å². The van der Waals surface area contributed by atoms with E-state index >= 15 is 0 Å². The normalized spacial score (nSPS) is 11.3. The smallest absolute Gasteiger partial charge is 0.275 e. The molecule has 0 saturated heterocycles. The molecular weight excluding hydrogens is 428 g/mol. The van der Waals surface area contributed by atoms with Crippen LogP contribution in [0.15, 0.2) is 94.5 Å². The molecule has 0 aliphatic carbocycles. The maximum Gasteiger partial charge on any atom is 0.275 e. The molecule has 0 fully saturated rings. The van der Waals surface area contributed by atoms with Crippen LogP contribution >= 0.6 is 0 Å². The van der Waals surface area contributed by atoms with E-state index in [0.717, 1.165) is 0 Å². The molecule has 7 heteroatoms. The predicted molar refractivity (Wildman–Crippen MR) is 131 cm³/mol. The summed E-state index contributed by atoms with van der Waals surface area (Å²) in [6, 6.07) is 25.3. The van der Waals surface area contributed by atoms with Crippen molar-refractivity contribution in [3.8, 4) is 17.1 Å². The lowest BCUT2D eigenvalue weighted by molar-refractivity contribution is 0.474. The number of aryl methyl sites for hydroxylation is 2. The summed E-state index contributed by atoms with van der Waals surface area (Å²) in [5.41, 5.74) is 3.75. The molecule has 2 heterocycles. The Kier molecular flexibility index (Phi) is 5.30. The van der Waals surface area contributed by atoms with E-state index in [-0.39, 0.29) is 16.9 Å². The fourth-order valence-corrected chi connectivity index (χ4v) is 4.50. The first-order valence-corrected chi connectivity index (χ1v) is 11.0. The van der Waals surface area contributed by atoms with Crippen molar-refractivity contribution in [2.45, 2.75) is 19.8 Å². The maximum atomic E-state index is 13.7. The van der Waals surface area contributed by atoms with Crippen LogP contribution in [-0.2, 0) is 0 Å². The second kappa shape index (κ2) is 8.44. The summed E-state index contributed by atoms with van der Waals surface area (Å²) < 4.78 is 2.97. The molecule has 2 aromatic heterocycles. The van der Waals surface area contributed by atoms with E-state index in [1.165, 1.54) is 9.36 Å². The highest BCUT2D eigenvalue weighted by molar-refractivity contribution is 5.48. The molecule has 0 bridgehead atoms. The fourth-order valence-electron chi connectivity index (χ4n) is 4.50. The number of aromatic hydroxyl groups is 1. The van der Waals surface area contributed by atoms with Crippen LogP contribution in [0.3, 0.4) is 0 Å².